The lowest BCUT2D eigenvalue weighted by Gasteiger charge is -2.27. The van der Waals surface area contributed by atoms with Gasteiger partial charge in [0, 0.05) is 18.3 Å². The number of carbonyl (C=O) groups excluding carboxylic acids is 4. The first kappa shape index (κ1) is 17.1. The van der Waals surface area contributed by atoms with E-state index in [-0.39, 0.29) is 42.0 Å². The summed E-state index contributed by atoms with van der Waals surface area (Å²) in [7, 11) is 0. The van der Waals surface area contributed by atoms with Gasteiger partial charge in [-0.15, -0.1) is 0 Å². The molecule has 0 spiro atoms. The Morgan fingerprint density at radius 1 is 1.04 bits per heavy atom. The Hall–Kier alpha value is -3.35. The van der Waals surface area contributed by atoms with E-state index in [4.69, 9.17) is 0 Å². The van der Waals surface area contributed by atoms with Crippen LogP contribution in [0.5, 0.6) is 0 Å². The van der Waals surface area contributed by atoms with E-state index in [2.05, 4.69) is 10.3 Å². The fourth-order valence-corrected chi connectivity index (χ4v) is 3.55. The van der Waals surface area contributed by atoms with Gasteiger partial charge in [0.25, 0.3) is 11.8 Å². The van der Waals surface area contributed by atoms with E-state index in [1.54, 1.807) is 24.4 Å². The zero-order chi connectivity index (χ0) is 19.0. The number of hydrogen-bond acceptors (Lipinski definition) is 6. The largest absolute Gasteiger partial charge is 0.379 e. The van der Waals surface area contributed by atoms with Gasteiger partial charge in [-0.25, -0.2) is 0 Å². The topological polar surface area (TPSA) is 96.4 Å². The van der Waals surface area contributed by atoms with Crippen LogP contribution in [0.4, 0.5) is 5.69 Å². The maximum atomic E-state index is 13.0. The normalized spacial score (nSPS) is 19.4. The van der Waals surface area contributed by atoms with Crippen molar-refractivity contribution in [3.05, 3.63) is 59.4 Å². The van der Waals surface area contributed by atoms with Gasteiger partial charge in [-0.05, 0) is 30.7 Å². The van der Waals surface area contributed by atoms with Gasteiger partial charge in [-0.2, -0.15) is 0 Å². The Bertz CT molecular complexity index is 955. The zero-order valence-electron chi connectivity index (χ0n) is 14.5. The molecule has 1 fully saturated rings. The van der Waals surface area contributed by atoms with Gasteiger partial charge in [-0.3, -0.25) is 29.1 Å². The van der Waals surface area contributed by atoms with Crippen molar-refractivity contribution in [1.82, 2.24) is 9.88 Å². The van der Waals surface area contributed by atoms with Crippen molar-refractivity contribution < 1.29 is 19.2 Å². The Morgan fingerprint density at radius 3 is 2.63 bits per heavy atom. The smallest absolute Gasteiger partial charge is 0.264 e. The molecule has 1 aromatic carbocycles. The van der Waals surface area contributed by atoms with Crippen LogP contribution in [0, 0.1) is 0 Å². The molecule has 2 aromatic rings. The van der Waals surface area contributed by atoms with Crippen LogP contribution in [-0.2, 0) is 16.1 Å². The monoisotopic (exact) mass is 363 g/mol. The number of pyridine rings is 1. The number of Topliss-reactive ketones (excluding diaryl/α,β-unsaturated/α-hetero) is 2. The van der Waals surface area contributed by atoms with Gasteiger partial charge in [0.2, 0.25) is 0 Å². The molecule has 0 saturated heterocycles. The van der Waals surface area contributed by atoms with Crippen LogP contribution < -0.4 is 5.32 Å². The van der Waals surface area contributed by atoms with Crippen molar-refractivity contribution in [3.63, 3.8) is 0 Å². The van der Waals surface area contributed by atoms with E-state index in [9.17, 15) is 19.2 Å². The molecule has 136 valence electrons. The number of fused-ring (bicyclic) bond motifs is 1. The summed E-state index contributed by atoms with van der Waals surface area (Å²) in [6.45, 7) is 0.398. The Morgan fingerprint density at radius 2 is 1.89 bits per heavy atom. The molecular weight excluding hydrogens is 346 g/mol. The highest BCUT2D eigenvalue weighted by Crippen LogP contribution is 2.33. The second kappa shape index (κ2) is 6.75. The molecule has 1 aromatic heterocycles. The Balaban J connectivity index is 1.61. The number of hydrogen-bond donors (Lipinski definition) is 1. The average molecular weight is 363 g/mol. The third-order valence-electron chi connectivity index (χ3n) is 4.88. The summed E-state index contributed by atoms with van der Waals surface area (Å²) in [6.07, 6.45) is 1.86. The summed E-state index contributed by atoms with van der Waals surface area (Å²) in [6, 6.07) is 9.68. The van der Waals surface area contributed by atoms with Crippen molar-refractivity contribution in [2.24, 2.45) is 0 Å². The first-order valence-corrected chi connectivity index (χ1v) is 8.75. The van der Waals surface area contributed by atoms with E-state index >= 15 is 0 Å². The molecule has 2 amide bonds. The first-order valence-electron chi connectivity index (χ1n) is 8.75. The highest BCUT2D eigenvalue weighted by molar-refractivity contribution is 6.25. The zero-order valence-corrected chi connectivity index (χ0v) is 14.5. The summed E-state index contributed by atoms with van der Waals surface area (Å²) in [4.78, 5) is 54.7. The summed E-state index contributed by atoms with van der Waals surface area (Å²) in [5, 5.41) is 3.15. The van der Waals surface area contributed by atoms with Gasteiger partial charge >= 0.3 is 0 Å². The number of nitrogens with zero attached hydrogens (tertiary/aromatic N) is 2. The summed E-state index contributed by atoms with van der Waals surface area (Å²) in [5.74, 6) is -1.50. The number of rotatable bonds is 4. The van der Waals surface area contributed by atoms with Crippen molar-refractivity contribution in [3.8, 4) is 0 Å². The highest BCUT2D eigenvalue weighted by Gasteiger charge is 2.45. The number of nitrogens with one attached hydrogen (secondary N) is 1. The fourth-order valence-electron chi connectivity index (χ4n) is 3.55. The standard InChI is InChI=1S/C20H17N3O4/c24-13-7-8-16(17(25)10-13)23-19(26)14-5-3-6-15(18(14)20(23)27)22-11-12-4-1-2-9-21-12/h1-6,9,16,22H,7-8,10-11H2. The molecule has 1 saturated carbocycles. The lowest BCUT2D eigenvalue weighted by Crippen LogP contribution is -2.47. The fraction of sp³-hybridized carbons (Fsp3) is 0.250. The molecular formula is C20H17N3O4. The van der Waals surface area contributed by atoms with Crippen LogP contribution in [0.2, 0.25) is 0 Å². The average Bonchev–Trinajstić information content (AvgIpc) is 2.93. The second-order valence-electron chi connectivity index (χ2n) is 6.62. The predicted octanol–water partition coefficient (Wildman–Crippen LogP) is 1.98. The molecule has 1 aliphatic heterocycles. The number of imide groups is 1. The lowest BCUT2D eigenvalue weighted by molar-refractivity contribution is -0.132. The van der Waals surface area contributed by atoms with Gasteiger partial charge in [0.05, 0.1) is 35.8 Å². The second-order valence-corrected chi connectivity index (χ2v) is 6.62. The van der Waals surface area contributed by atoms with Crippen LogP contribution >= 0.6 is 0 Å². The maximum absolute atomic E-state index is 13.0. The van der Waals surface area contributed by atoms with E-state index in [1.807, 2.05) is 18.2 Å². The molecule has 2 aliphatic rings. The van der Waals surface area contributed by atoms with Crippen LogP contribution in [-0.4, -0.2) is 39.3 Å². The molecule has 0 bridgehead atoms. The summed E-state index contributed by atoms with van der Waals surface area (Å²) < 4.78 is 0. The molecule has 1 unspecified atom stereocenters. The van der Waals surface area contributed by atoms with Gasteiger partial charge in [-0.1, -0.05) is 12.1 Å². The van der Waals surface area contributed by atoms with Crippen molar-refractivity contribution in [1.29, 1.82) is 0 Å². The molecule has 1 atom stereocenters. The molecule has 0 radical (unpaired) electrons. The number of carbonyl (C=O) groups is 4. The molecule has 4 rings (SSSR count). The number of amides is 2. The minimum absolute atomic E-state index is 0.148. The van der Waals surface area contributed by atoms with Crippen LogP contribution in [0.15, 0.2) is 42.6 Å². The molecule has 7 nitrogen and oxygen atoms in total. The van der Waals surface area contributed by atoms with E-state index in [1.165, 1.54) is 0 Å². The number of aromatic nitrogens is 1. The summed E-state index contributed by atoms with van der Waals surface area (Å²) >= 11 is 0. The Kier molecular flexibility index (Phi) is 4.27. The first-order chi connectivity index (χ1) is 13.1. The van der Waals surface area contributed by atoms with E-state index in [0.717, 1.165) is 10.6 Å². The summed E-state index contributed by atoms with van der Waals surface area (Å²) in [5.41, 5.74) is 1.86. The van der Waals surface area contributed by atoms with Gasteiger partial charge in [0.1, 0.15) is 5.78 Å². The minimum atomic E-state index is -0.862. The predicted molar refractivity (Wildman–Crippen MR) is 96.2 cm³/mol. The van der Waals surface area contributed by atoms with E-state index in [0.29, 0.717) is 12.2 Å². The van der Waals surface area contributed by atoms with Crippen molar-refractivity contribution >= 4 is 29.1 Å². The quantitative estimate of drug-likeness (QED) is 0.659. The van der Waals surface area contributed by atoms with Crippen molar-refractivity contribution in [2.45, 2.75) is 31.8 Å². The van der Waals surface area contributed by atoms with Crippen molar-refractivity contribution in [2.75, 3.05) is 5.32 Å². The number of anilines is 1. The maximum Gasteiger partial charge on any atom is 0.264 e. The molecule has 27 heavy (non-hydrogen) atoms. The van der Waals surface area contributed by atoms with E-state index < -0.39 is 17.9 Å². The molecule has 2 heterocycles. The third-order valence-corrected chi connectivity index (χ3v) is 4.88. The SMILES string of the molecule is O=C1CCC(N2C(=O)c3cccc(NCc4ccccn4)c3C2=O)C(=O)C1. The lowest BCUT2D eigenvalue weighted by atomic mass is 9.92. The highest BCUT2D eigenvalue weighted by atomic mass is 16.2. The third kappa shape index (κ3) is 3.01. The minimum Gasteiger partial charge on any atom is -0.379 e. The van der Waals surface area contributed by atoms with Gasteiger partial charge < -0.3 is 5.32 Å². The van der Waals surface area contributed by atoms with Gasteiger partial charge in [0.15, 0.2) is 5.78 Å². The van der Waals surface area contributed by atoms with Crippen LogP contribution in [0.25, 0.3) is 0 Å². The van der Waals surface area contributed by atoms with Crippen LogP contribution in [0.3, 0.4) is 0 Å². The molecule has 7 heteroatoms. The molecule has 1 aliphatic carbocycles. The number of benzene rings is 1. The Labute approximate surface area is 155 Å². The van der Waals surface area contributed by atoms with Crippen LogP contribution in [0.1, 0.15) is 45.7 Å². The molecule has 1 N–H and O–H groups in total. The number of ketones is 2.